The van der Waals surface area contributed by atoms with E-state index in [9.17, 15) is 4.79 Å². The van der Waals surface area contributed by atoms with Gasteiger partial charge in [0.2, 0.25) is 0 Å². The molecule has 0 radical (unpaired) electrons. The third kappa shape index (κ3) is 9.51. The highest BCUT2D eigenvalue weighted by molar-refractivity contribution is 9.12. The molecule has 0 N–H and O–H groups in total. The van der Waals surface area contributed by atoms with Crippen molar-refractivity contribution in [2.75, 3.05) is 6.61 Å². The summed E-state index contributed by atoms with van der Waals surface area (Å²) in [4.78, 5) is 13.0. The summed E-state index contributed by atoms with van der Waals surface area (Å²) >= 11 is 3.02. The van der Waals surface area contributed by atoms with E-state index in [-0.39, 0.29) is 5.97 Å². The van der Waals surface area contributed by atoms with E-state index in [1.54, 1.807) is 0 Å². The Kier molecular flexibility index (Phi) is 8.25. The number of hydrogen-bond acceptors (Lipinski definition) is 2. The van der Waals surface area contributed by atoms with Gasteiger partial charge in [0.1, 0.15) is 0 Å². The number of rotatable bonds is 5. The van der Waals surface area contributed by atoms with Crippen molar-refractivity contribution in [3.8, 4) is 10.8 Å². The SMILES string of the molecule is CC(=O)OCCCCCC#CBr. The molecule has 0 amide bonds. The lowest BCUT2D eigenvalue weighted by Gasteiger charge is -1.99. The van der Waals surface area contributed by atoms with Crippen molar-refractivity contribution in [3.05, 3.63) is 0 Å². The van der Waals surface area contributed by atoms with Gasteiger partial charge in [-0.1, -0.05) is 5.92 Å². The minimum absolute atomic E-state index is 0.199. The maximum absolute atomic E-state index is 10.3. The average molecular weight is 233 g/mol. The van der Waals surface area contributed by atoms with Gasteiger partial charge in [-0.05, 0) is 24.1 Å². The molecule has 68 valence electrons. The molecule has 0 fully saturated rings. The van der Waals surface area contributed by atoms with Crippen LogP contribution in [-0.2, 0) is 9.53 Å². The first-order chi connectivity index (χ1) is 5.77. The van der Waals surface area contributed by atoms with E-state index in [1.807, 2.05) is 0 Å². The number of ether oxygens (including phenoxy) is 1. The van der Waals surface area contributed by atoms with E-state index >= 15 is 0 Å². The number of carbonyl (C=O) groups is 1. The van der Waals surface area contributed by atoms with Gasteiger partial charge in [-0.2, -0.15) is 0 Å². The van der Waals surface area contributed by atoms with Gasteiger partial charge in [0.05, 0.1) is 6.61 Å². The van der Waals surface area contributed by atoms with E-state index in [2.05, 4.69) is 26.7 Å². The summed E-state index contributed by atoms with van der Waals surface area (Å²) in [5, 5.41) is 0. The van der Waals surface area contributed by atoms with Gasteiger partial charge in [-0.25, -0.2) is 0 Å². The van der Waals surface area contributed by atoms with Crippen molar-refractivity contribution >= 4 is 21.9 Å². The number of unbranched alkanes of at least 4 members (excludes halogenated alkanes) is 3. The summed E-state index contributed by atoms with van der Waals surface area (Å²) in [6.07, 6.45) is 3.98. The molecule has 0 aromatic heterocycles. The average Bonchev–Trinajstić information content (AvgIpc) is 2.02. The topological polar surface area (TPSA) is 26.3 Å². The summed E-state index contributed by atoms with van der Waals surface area (Å²) in [6, 6.07) is 0. The summed E-state index contributed by atoms with van der Waals surface area (Å²) < 4.78 is 4.76. The molecule has 0 spiro atoms. The second kappa shape index (κ2) is 8.61. The number of hydrogen-bond donors (Lipinski definition) is 0. The highest BCUT2D eigenvalue weighted by Gasteiger charge is 1.91. The van der Waals surface area contributed by atoms with Gasteiger partial charge < -0.3 is 4.74 Å². The van der Waals surface area contributed by atoms with Crippen LogP contribution >= 0.6 is 15.9 Å². The minimum atomic E-state index is -0.199. The van der Waals surface area contributed by atoms with E-state index in [4.69, 9.17) is 4.74 Å². The minimum Gasteiger partial charge on any atom is -0.466 e. The Morgan fingerprint density at radius 2 is 2.17 bits per heavy atom. The zero-order valence-electron chi connectivity index (χ0n) is 7.23. The lowest BCUT2D eigenvalue weighted by atomic mass is 10.2. The van der Waals surface area contributed by atoms with Crippen molar-refractivity contribution < 1.29 is 9.53 Å². The third-order valence-corrected chi connectivity index (χ3v) is 1.60. The molecule has 0 aromatic rings. The van der Waals surface area contributed by atoms with E-state index in [1.165, 1.54) is 6.92 Å². The Bertz CT molecular complexity index is 179. The maximum Gasteiger partial charge on any atom is 0.302 e. The van der Waals surface area contributed by atoms with Gasteiger partial charge in [-0.3, -0.25) is 4.79 Å². The van der Waals surface area contributed by atoms with Crippen LogP contribution in [0.15, 0.2) is 0 Å². The Balaban J connectivity index is 2.99. The molecule has 0 aromatic carbocycles. The summed E-state index contributed by atoms with van der Waals surface area (Å²) in [7, 11) is 0. The van der Waals surface area contributed by atoms with Crippen LogP contribution in [0.25, 0.3) is 0 Å². The van der Waals surface area contributed by atoms with Crippen LogP contribution in [0.1, 0.15) is 32.6 Å². The van der Waals surface area contributed by atoms with Crippen LogP contribution < -0.4 is 0 Å². The predicted molar refractivity (Wildman–Crippen MR) is 51.8 cm³/mol. The van der Waals surface area contributed by atoms with Gasteiger partial charge >= 0.3 is 5.97 Å². The fraction of sp³-hybridized carbons (Fsp3) is 0.667. The molecular weight excluding hydrogens is 220 g/mol. The van der Waals surface area contributed by atoms with Gasteiger partial charge in [-0.15, -0.1) is 0 Å². The third-order valence-electron chi connectivity index (χ3n) is 1.32. The summed E-state index contributed by atoms with van der Waals surface area (Å²) in [5.41, 5.74) is 0. The van der Waals surface area contributed by atoms with E-state index < -0.39 is 0 Å². The standard InChI is InChI=1S/C9H13BrO2/c1-9(11)12-8-6-4-2-3-5-7-10/h2-4,6,8H2,1H3. The quantitative estimate of drug-likeness (QED) is 0.414. The number of carbonyl (C=O) groups excluding carboxylic acids is 1. The molecule has 0 aliphatic rings. The Labute approximate surface area is 81.8 Å². The molecule has 0 heterocycles. The maximum atomic E-state index is 10.3. The molecule has 12 heavy (non-hydrogen) atoms. The second-order valence-electron chi connectivity index (χ2n) is 2.42. The lowest BCUT2D eigenvalue weighted by Crippen LogP contribution is -1.99. The molecular formula is C9H13BrO2. The van der Waals surface area contributed by atoms with Gasteiger partial charge in [0.25, 0.3) is 0 Å². The van der Waals surface area contributed by atoms with Crippen molar-refractivity contribution in [1.29, 1.82) is 0 Å². The first-order valence-corrected chi connectivity index (χ1v) is 4.78. The first kappa shape index (κ1) is 11.5. The number of halogens is 1. The predicted octanol–water partition coefficient (Wildman–Crippen LogP) is 2.47. The molecule has 0 rings (SSSR count). The highest BCUT2D eigenvalue weighted by atomic mass is 79.9. The molecule has 0 saturated carbocycles. The van der Waals surface area contributed by atoms with Gasteiger partial charge in [0.15, 0.2) is 0 Å². The largest absolute Gasteiger partial charge is 0.466 e. The fourth-order valence-electron chi connectivity index (χ4n) is 0.755. The zero-order valence-corrected chi connectivity index (χ0v) is 8.82. The van der Waals surface area contributed by atoms with Crippen molar-refractivity contribution in [2.45, 2.75) is 32.6 Å². The smallest absolute Gasteiger partial charge is 0.302 e. The van der Waals surface area contributed by atoms with E-state index in [0.717, 1.165) is 25.7 Å². The molecule has 0 unspecified atom stereocenters. The summed E-state index contributed by atoms with van der Waals surface area (Å²) in [6.45, 7) is 1.97. The van der Waals surface area contributed by atoms with Crippen LogP contribution in [0.2, 0.25) is 0 Å². The molecule has 0 atom stereocenters. The Hall–Kier alpha value is -0.490. The van der Waals surface area contributed by atoms with Crippen molar-refractivity contribution in [3.63, 3.8) is 0 Å². The van der Waals surface area contributed by atoms with Gasteiger partial charge in [0, 0.05) is 29.3 Å². The van der Waals surface area contributed by atoms with Crippen LogP contribution in [0.3, 0.4) is 0 Å². The van der Waals surface area contributed by atoms with Crippen LogP contribution in [0, 0.1) is 10.8 Å². The normalized spacial score (nSPS) is 8.50. The molecule has 3 heteroatoms. The summed E-state index contributed by atoms with van der Waals surface area (Å²) in [5.74, 6) is 2.71. The van der Waals surface area contributed by atoms with E-state index in [0.29, 0.717) is 6.61 Å². The molecule has 0 aliphatic heterocycles. The Morgan fingerprint density at radius 3 is 2.75 bits per heavy atom. The van der Waals surface area contributed by atoms with Crippen molar-refractivity contribution in [1.82, 2.24) is 0 Å². The fourth-order valence-corrected chi connectivity index (χ4v) is 0.954. The van der Waals surface area contributed by atoms with Crippen molar-refractivity contribution in [2.24, 2.45) is 0 Å². The highest BCUT2D eigenvalue weighted by Crippen LogP contribution is 1.99. The Morgan fingerprint density at radius 1 is 1.42 bits per heavy atom. The molecule has 0 bridgehead atoms. The van der Waals surface area contributed by atoms with Crippen LogP contribution in [0.5, 0.6) is 0 Å². The lowest BCUT2D eigenvalue weighted by molar-refractivity contribution is -0.141. The molecule has 0 saturated heterocycles. The first-order valence-electron chi connectivity index (χ1n) is 3.99. The van der Waals surface area contributed by atoms with Crippen LogP contribution in [0.4, 0.5) is 0 Å². The van der Waals surface area contributed by atoms with Crippen LogP contribution in [-0.4, -0.2) is 12.6 Å². The zero-order chi connectivity index (χ0) is 9.23. The second-order valence-corrected chi connectivity index (χ2v) is 2.82. The molecule has 0 aliphatic carbocycles. The molecule has 2 nitrogen and oxygen atoms in total. The monoisotopic (exact) mass is 232 g/mol. The number of esters is 1.